The number of carbonyl (C=O) groups excluding carboxylic acids is 1. The van der Waals surface area contributed by atoms with E-state index in [0.29, 0.717) is 0 Å². The molecule has 1 atom stereocenters. The van der Waals surface area contributed by atoms with Crippen molar-refractivity contribution in [2.75, 3.05) is 6.26 Å². The summed E-state index contributed by atoms with van der Waals surface area (Å²) in [7, 11) is 0. The van der Waals surface area contributed by atoms with Gasteiger partial charge in [0.2, 0.25) is 0 Å². The van der Waals surface area contributed by atoms with Gasteiger partial charge in [0.05, 0.1) is 0 Å². The van der Waals surface area contributed by atoms with Crippen molar-refractivity contribution in [3.05, 3.63) is 29.8 Å². The van der Waals surface area contributed by atoms with Crippen LogP contribution in [0.4, 0.5) is 0 Å². The Kier molecular flexibility index (Phi) is 2.15. The summed E-state index contributed by atoms with van der Waals surface area (Å²) in [6.45, 7) is 0. The number of hydrogen-bond donors (Lipinski definition) is 0. The van der Waals surface area contributed by atoms with Crippen molar-refractivity contribution in [2.45, 2.75) is 9.48 Å². The van der Waals surface area contributed by atoms with E-state index in [1.807, 2.05) is 30.5 Å². The van der Waals surface area contributed by atoms with Crippen molar-refractivity contribution in [1.82, 2.24) is 0 Å². The topological polar surface area (TPSA) is 17.1 Å². The molecule has 0 N–H and O–H groups in total. The van der Waals surface area contributed by atoms with E-state index in [2.05, 4.69) is 0 Å². The summed E-state index contributed by atoms with van der Waals surface area (Å²) in [4.78, 5) is 12.7. The first-order valence-electron chi connectivity index (χ1n) is 3.65. The molecule has 12 heavy (non-hydrogen) atoms. The Bertz CT molecular complexity index is 322. The predicted octanol–water partition coefficient (Wildman–Crippen LogP) is 2.66. The minimum absolute atomic E-state index is 0.0856. The van der Waals surface area contributed by atoms with Crippen LogP contribution in [0.25, 0.3) is 0 Å². The summed E-state index contributed by atoms with van der Waals surface area (Å²) in [5.74, 6) is 0.267. The minimum Gasteiger partial charge on any atom is -0.292 e. The molecule has 1 nitrogen and oxygen atoms in total. The van der Waals surface area contributed by atoms with Gasteiger partial charge in [-0.25, -0.2) is 0 Å². The van der Waals surface area contributed by atoms with E-state index in [9.17, 15) is 4.79 Å². The summed E-state index contributed by atoms with van der Waals surface area (Å²) < 4.78 is 0.0856. The van der Waals surface area contributed by atoms with Crippen LogP contribution >= 0.6 is 23.5 Å². The van der Waals surface area contributed by atoms with Crippen LogP contribution in [0, 0.1) is 0 Å². The van der Waals surface area contributed by atoms with E-state index in [4.69, 9.17) is 0 Å². The van der Waals surface area contributed by atoms with Gasteiger partial charge in [-0.3, -0.25) is 4.79 Å². The molecular formula is C9H8OS2. The second-order valence-electron chi connectivity index (χ2n) is 2.55. The number of rotatable bonds is 1. The van der Waals surface area contributed by atoms with Crippen LogP contribution in [0.1, 0.15) is 10.4 Å². The first kappa shape index (κ1) is 8.20. The van der Waals surface area contributed by atoms with Gasteiger partial charge in [-0.1, -0.05) is 18.2 Å². The van der Waals surface area contributed by atoms with Crippen LogP contribution in [-0.4, -0.2) is 16.6 Å². The maximum atomic E-state index is 11.6. The summed E-state index contributed by atoms with van der Waals surface area (Å²) in [5, 5.41) is 0. The maximum absolute atomic E-state index is 11.6. The van der Waals surface area contributed by atoms with Gasteiger partial charge in [0.1, 0.15) is 4.58 Å². The Morgan fingerprint density at radius 1 is 1.42 bits per heavy atom. The highest BCUT2D eigenvalue weighted by Crippen LogP contribution is 2.40. The lowest BCUT2D eigenvalue weighted by Gasteiger charge is -1.99. The number of thioether (sulfide) groups is 2. The van der Waals surface area contributed by atoms with Crippen molar-refractivity contribution in [1.29, 1.82) is 0 Å². The van der Waals surface area contributed by atoms with E-state index in [0.717, 1.165) is 10.5 Å². The predicted molar refractivity (Wildman–Crippen MR) is 53.9 cm³/mol. The van der Waals surface area contributed by atoms with Gasteiger partial charge in [0.15, 0.2) is 5.78 Å². The average Bonchev–Trinajstić information content (AvgIpc) is 2.44. The minimum atomic E-state index is 0.0856. The second-order valence-corrected chi connectivity index (χ2v) is 4.93. The molecule has 0 saturated heterocycles. The van der Waals surface area contributed by atoms with E-state index in [1.165, 1.54) is 0 Å². The van der Waals surface area contributed by atoms with E-state index >= 15 is 0 Å². The molecule has 1 aromatic carbocycles. The molecule has 3 heteroatoms. The molecule has 1 aliphatic rings. The Hall–Kier alpha value is -0.410. The van der Waals surface area contributed by atoms with Gasteiger partial charge >= 0.3 is 0 Å². The Morgan fingerprint density at radius 3 is 2.83 bits per heavy atom. The molecule has 1 aliphatic heterocycles. The molecule has 2 rings (SSSR count). The number of fused-ring (bicyclic) bond motifs is 1. The van der Waals surface area contributed by atoms with Crippen LogP contribution in [0.2, 0.25) is 0 Å². The zero-order valence-electron chi connectivity index (χ0n) is 6.61. The lowest BCUT2D eigenvalue weighted by Crippen LogP contribution is -2.05. The lowest BCUT2D eigenvalue weighted by atomic mass is 10.2. The molecule has 0 fully saturated rings. The van der Waals surface area contributed by atoms with E-state index in [-0.39, 0.29) is 10.4 Å². The average molecular weight is 196 g/mol. The molecule has 0 saturated carbocycles. The quantitative estimate of drug-likeness (QED) is 0.687. The smallest absolute Gasteiger partial charge is 0.187 e. The first-order chi connectivity index (χ1) is 5.83. The van der Waals surface area contributed by atoms with Crippen molar-refractivity contribution in [2.24, 2.45) is 0 Å². The molecule has 62 valence electrons. The highest BCUT2D eigenvalue weighted by Gasteiger charge is 2.29. The monoisotopic (exact) mass is 196 g/mol. The molecular weight excluding hydrogens is 188 g/mol. The fraction of sp³-hybridized carbons (Fsp3) is 0.222. The van der Waals surface area contributed by atoms with Gasteiger partial charge in [-0.2, -0.15) is 0 Å². The number of Topliss-reactive ketones (excluding diaryl/α,β-unsaturated/α-hetero) is 1. The van der Waals surface area contributed by atoms with E-state index in [1.54, 1.807) is 23.5 Å². The SMILES string of the molecule is CSC1Sc2ccccc2C1=O. The molecule has 1 unspecified atom stereocenters. The number of benzene rings is 1. The van der Waals surface area contributed by atoms with Crippen LogP contribution in [0.15, 0.2) is 29.2 Å². The summed E-state index contributed by atoms with van der Waals surface area (Å²) in [5.41, 5.74) is 0.891. The summed E-state index contributed by atoms with van der Waals surface area (Å²) in [6, 6.07) is 7.80. The molecule has 1 heterocycles. The highest BCUT2D eigenvalue weighted by atomic mass is 32.2. The van der Waals surface area contributed by atoms with Crippen molar-refractivity contribution in [3.63, 3.8) is 0 Å². The van der Waals surface area contributed by atoms with E-state index < -0.39 is 0 Å². The number of carbonyl (C=O) groups is 1. The first-order valence-corrected chi connectivity index (χ1v) is 5.82. The summed E-state index contributed by atoms with van der Waals surface area (Å²) in [6.07, 6.45) is 1.97. The van der Waals surface area contributed by atoms with Gasteiger partial charge in [-0.15, -0.1) is 23.5 Å². The van der Waals surface area contributed by atoms with Crippen molar-refractivity contribution in [3.8, 4) is 0 Å². The summed E-state index contributed by atoms with van der Waals surface area (Å²) >= 11 is 3.27. The van der Waals surface area contributed by atoms with Crippen molar-refractivity contribution >= 4 is 29.3 Å². The van der Waals surface area contributed by atoms with Gasteiger partial charge < -0.3 is 0 Å². The largest absolute Gasteiger partial charge is 0.292 e. The van der Waals surface area contributed by atoms with Crippen LogP contribution < -0.4 is 0 Å². The Labute approximate surface area is 79.9 Å². The van der Waals surface area contributed by atoms with Gasteiger partial charge in [0, 0.05) is 10.5 Å². The van der Waals surface area contributed by atoms with Gasteiger partial charge in [-0.05, 0) is 12.3 Å². The standard InChI is InChI=1S/C9H8OS2/c1-11-9-8(10)6-4-2-3-5-7(6)12-9/h2-5,9H,1H3. The molecule has 0 aromatic heterocycles. The zero-order chi connectivity index (χ0) is 8.55. The fourth-order valence-corrected chi connectivity index (χ4v) is 3.18. The maximum Gasteiger partial charge on any atom is 0.187 e. The third kappa shape index (κ3) is 1.17. The number of hydrogen-bond acceptors (Lipinski definition) is 3. The molecule has 0 amide bonds. The third-order valence-corrected chi connectivity index (χ3v) is 4.36. The van der Waals surface area contributed by atoms with Crippen LogP contribution in [0.3, 0.4) is 0 Å². The fourth-order valence-electron chi connectivity index (χ4n) is 1.22. The Balaban J connectivity index is 2.42. The highest BCUT2D eigenvalue weighted by molar-refractivity contribution is 8.18. The third-order valence-electron chi connectivity index (χ3n) is 1.81. The molecule has 0 aliphatic carbocycles. The normalized spacial score (nSPS) is 21.1. The van der Waals surface area contributed by atoms with Gasteiger partial charge in [0.25, 0.3) is 0 Å². The zero-order valence-corrected chi connectivity index (χ0v) is 8.24. The molecule has 0 spiro atoms. The van der Waals surface area contributed by atoms with Crippen LogP contribution in [-0.2, 0) is 0 Å². The second kappa shape index (κ2) is 3.15. The Morgan fingerprint density at radius 2 is 2.17 bits per heavy atom. The lowest BCUT2D eigenvalue weighted by molar-refractivity contribution is 0.101. The van der Waals surface area contributed by atoms with Crippen LogP contribution in [0.5, 0.6) is 0 Å². The molecule has 0 radical (unpaired) electrons. The molecule has 1 aromatic rings. The molecule has 0 bridgehead atoms. The number of ketones is 1. The van der Waals surface area contributed by atoms with Crippen molar-refractivity contribution < 1.29 is 4.79 Å².